The van der Waals surface area contributed by atoms with Crippen LogP contribution in [0, 0.1) is 17.8 Å². The zero-order valence-electron chi connectivity index (χ0n) is 23.8. The second kappa shape index (κ2) is 9.88. The van der Waals surface area contributed by atoms with Crippen LogP contribution in [0.25, 0.3) is 22.5 Å². The van der Waals surface area contributed by atoms with Crippen molar-refractivity contribution in [3.63, 3.8) is 0 Å². The van der Waals surface area contributed by atoms with E-state index in [1.807, 2.05) is 18.2 Å². The monoisotopic (exact) mass is 557 g/mol. The number of nitrogens with zero attached hydrogens (tertiary/aromatic N) is 3. The third kappa shape index (κ3) is 4.00. The first-order valence-corrected chi connectivity index (χ1v) is 15.4. The largest absolute Gasteiger partial charge is 0.485 e. The number of hydrogen-bond donors (Lipinski definition) is 0. The highest BCUT2D eigenvalue weighted by Gasteiger charge is 2.41. The van der Waals surface area contributed by atoms with Crippen LogP contribution < -0.4 is 0 Å². The topological polar surface area (TPSA) is 47.9 Å². The molecule has 0 radical (unpaired) electrons. The van der Waals surface area contributed by atoms with E-state index in [2.05, 4.69) is 103 Å². The molecule has 6 aliphatic rings. The van der Waals surface area contributed by atoms with Crippen LogP contribution in [0.3, 0.4) is 0 Å². The van der Waals surface area contributed by atoms with Gasteiger partial charge in [-0.15, -0.1) is 0 Å². The number of rotatable bonds is 3. The molecular formula is C39H31N3O. The van der Waals surface area contributed by atoms with Crippen molar-refractivity contribution >= 4 is 11.1 Å². The molecule has 0 N–H and O–H groups in total. The number of allylic oxidation sites excluding steroid dienone is 12. The maximum Gasteiger partial charge on any atom is 0.163 e. The van der Waals surface area contributed by atoms with Gasteiger partial charge in [0.15, 0.2) is 11.6 Å². The summed E-state index contributed by atoms with van der Waals surface area (Å²) in [6, 6.07) is 19.2. The molecule has 1 aliphatic heterocycles. The minimum atomic E-state index is 0.0346. The fraction of sp³-hybridized carbons (Fsp3) is 0.205. The van der Waals surface area contributed by atoms with Gasteiger partial charge in [-0.25, -0.2) is 15.0 Å². The Bertz CT molecular complexity index is 1900. The lowest BCUT2D eigenvalue weighted by Crippen LogP contribution is -2.25. The number of aryl methyl sites for hydroxylation is 1. The van der Waals surface area contributed by atoms with Crippen molar-refractivity contribution in [1.82, 2.24) is 15.0 Å². The van der Waals surface area contributed by atoms with Gasteiger partial charge in [0.05, 0.1) is 0 Å². The van der Waals surface area contributed by atoms with Gasteiger partial charge >= 0.3 is 0 Å². The Kier molecular flexibility index (Phi) is 5.68. The lowest BCUT2D eigenvalue weighted by Gasteiger charge is -2.36. The number of ether oxygens (including phenoxy) is 1. The molecule has 5 atom stereocenters. The zero-order chi connectivity index (χ0) is 28.3. The summed E-state index contributed by atoms with van der Waals surface area (Å²) < 4.78 is 6.38. The summed E-state index contributed by atoms with van der Waals surface area (Å²) in [6.45, 7) is 0. The van der Waals surface area contributed by atoms with Gasteiger partial charge in [0, 0.05) is 34.8 Å². The van der Waals surface area contributed by atoms with E-state index >= 15 is 0 Å². The van der Waals surface area contributed by atoms with E-state index in [0.717, 1.165) is 53.6 Å². The van der Waals surface area contributed by atoms with E-state index in [4.69, 9.17) is 19.7 Å². The molecule has 0 spiro atoms. The molecule has 208 valence electrons. The number of fused-ring (bicyclic) bond motifs is 6. The van der Waals surface area contributed by atoms with E-state index < -0.39 is 0 Å². The van der Waals surface area contributed by atoms with Crippen molar-refractivity contribution < 1.29 is 4.74 Å². The Morgan fingerprint density at radius 3 is 2.49 bits per heavy atom. The summed E-state index contributed by atoms with van der Waals surface area (Å²) in [6.07, 6.45) is 27.6. The van der Waals surface area contributed by atoms with Crippen molar-refractivity contribution in [3.8, 4) is 11.4 Å². The van der Waals surface area contributed by atoms with Crippen LogP contribution in [0.15, 0.2) is 138 Å². The fourth-order valence-electron chi connectivity index (χ4n) is 7.77. The van der Waals surface area contributed by atoms with Crippen LogP contribution in [-0.4, -0.2) is 21.1 Å². The van der Waals surface area contributed by atoms with Crippen LogP contribution in [-0.2, 0) is 11.2 Å². The first kappa shape index (κ1) is 24.7. The van der Waals surface area contributed by atoms with Crippen molar-refractivity contribution in [3.05, 3.63) is 161 Å². The number of benzene rings is 2. The molecule has 3 aromatic rings. The summed E-state index contributed by atoms with van der Waals surface area (Å²) in [5.74, 6) is 3.95. The third-order valence-corrected chi connectivity index (χ3v) is 9.76. The minimum Gasteiger partial charge on any atom is -0.485 e. The third-order valence-electron chi connectivity index (χ3n) is 9.76. The van der Waals surface area contributed by atoms with Gasteiger partial charge in [0.25, 0.3) is 0 Å². The molecule has 0 bridgehead atoms. The van der Waals surface area contributed by atoms with Gasteiger partial charge in [0.1, 0.15) is 17.7 Å². The first-order valence-electron chi connectivity index (χ1n) is 15.4. The average Bonchev–Trinajstić information content (AvgIpc) is 3.47. The molecule has 2 aromatic carbocycles. The van der Waals surface area contributed by atoms with Crippen LogP contribution in [0.2, 0.25) is 0 Å². The normalized spacial score (nSPS) is 27.6. The Hall–Kier alpha value is -4.83. The molecule has 43 heavy (non-hydrogen) atoms. The van der Waals surface area contributed by atoms with Gasteiger partial charge in [-0.05, 0) is 59.3 Å². The molecule has 0 saturated heterocycles. The van der Waals surface area contributed by atoms with Gasteiger partial charge in [-0.2, -0.15) is 0 Å². The Morgan fingerprint density at radius 2 is 1.53 bits per heavy atom. The standard InChI is InChI=1S/C39H31N3O/c1-2-11-26(12-3-1)37-40-38(42-39(41-37)32-17-9-19-34-36(32)31-14-6-7-18-33(31)43-34)30-16-8-15-29-28(30)23-22-25-21-20-24-10-4-5-13-27(24)35(25)29/h1-16,18-19,22-23,28-29,31-33H,17,20-21H2. The van der Waals surface area contributed by atoms with Gasteiger partial charge in [-0.1, -0.05) is 109 Å². The molecule has 0 amide bonds. The van der Waals surface area contributed by atoms with E-state index in [1.54, 1.807) is 0 Å². The van der Waals surface area contributed by atoms with Crippen molar-refractivity contribution in [2.75, 3.05) is 0 Å². The second-order valence-electron chi connectivity index (χ2n) is 12.1. The summed E-state index contributed by atoms with van der Waals surface area (Å²) in [4.78, 5) is 15.6. The van der Waals surface area contributed by atoms with E-state index in [1.165, 1.54) is 27.8 Å². The quantitative estimate of drug-likeness (QED) is 0.326. The molecule has 5 aliphatic carbocycles. The van der Waals surface area contributed by atoms with Gasteiger partial charge < -0.3 is 4.74 Å². The van der Waals surface area contributed by atoms with E-state index in [0.29, 0.717) is 0 Å². The van der Waals surface area contributed by atoms with Crippen LogP contribution >= 0.6 is 0 Å². The maximum atomic E-state index is 6.38. The summed E-state index contributed by atoms with van der Waals surface area (Å²) in [5.41, 5.74) is 9.22. The smallest absolute Gasteiger partial charge is 0.163 e. The summed E-state index contributed by atoms with van der Waals surface area (Å²) in [5, 5.41) is 0. The Morgan fingerprint density at radius 1 is 0.698 bits per heavy atom. The molecule has 0 fully saturated rings. The lowest BCUT2D eigenvalue weighted by molar-refractivity contribution is 0.173. The molecule has 0 saturated carbocycles. The van der Waals surface area contributed by atoms with E-state index in [-0.39, 0.29) is 29.8 Å². The lowest BCUT2D eigenvalue weighted by atomic mass is 9.68. The fourth-order valence-corrected chi connectivity index (χ4v) is 7.77. The highest BCUT2D eigenvalue weighted by Crippen LogP contribution is 2.50. The highest BCUT2D eigenvalue weighted by atomic mass is 16.5. The Balaban J connectivity index is 1.16. The summed E-state index contributed by atoms with van der Waals surface area (Å²) >= 11 is 0. The van der Waals surface area contributed by atoms with Gasteiger partial charge in [-0.3, -0.25) is 0 Å². The number of aromatic nitrogens is 3. The number of hydrogen-bond acceptors (Lipinski definition) is 4. The van der Waals surface area contributed by atoms with E-state index in [9.17, 15) is 0 Å². The molecule has 4 nitrogen and oxygen atoms in total. The minimum absolute atomic E-state index is 0.0346. The maximum absolute atomic E-state index is 6.38. The first-order chi connectivity index (χ1) is 21.3. The average molecular weight is 558 g/mol. The predicted octanol–water partition coefficient (Wildman–Crippen LogP) is 8.13. The molecule has 5 unspecified atom stereocenters. The predicted molar refractivity (Wildman–Crippen MR) is 170 cm³/mol. The zero-order valence-corrected chi connectivity index (χ0v) is 23.8. The molecule has 2 heterocycles. The Labute approximate surface area is 252 Å². The molecule has 1 aromatic heterocycles. The van der Waals surface area contributed by atoms with Crippen molar-refractivity contribution in [1.29, 1.82) is 0 Å². The molecular weight excluding hydrogens is 526 g/mol. The SMILES string of the molecule is C1=CC2OC3=C(C(c4nc(C5=CC=CC6C7=C(C=CC56)CCc5ccccc57)nc(-c5ccccc5)n4)CC=C3)C2C=C1. The highest BCUT2D eigenvalue weighted by molar-refractivity contribution is 5.84. The van der Waals surface area contributed by atoms with Crippen molar-refractivity contribution in [2.24, 2.45) is 17.8 Å². The van der Waals surface area contributed by atoms with Gasteiger partial charge in [0.2, 0.25) is 0 Å². The van der Waals surface area contributed by atoms with Crippen molar-refractivity contribution in [2.45, 2.75) is 31.3 Å². The molecule has 4 heteroatoms. The second-order valence-corrected chi connectivity index (χ2v) is 12.1. The van der Waals surface area contributed by atoms with Crippen LogP contribution in [0.1, 0.15) is 41.5 Å². The summed E-state index contributed by atoms with van der Waals surface area (Å²) in [7, 11) is 0. The van der Waals surface area contributed by atoms with Crippen LogP contribution in [0.4, 0.5) is 0 Å². The van der Waals surface area contributed by atoms with Crippen LogP contribution in [0.5, 0.6) is 0 Å². The molecule has 9 rings (SSSR count).